The van der Waals surface area contributed by atoms with Gasteiger partial charge in [-0.2, -0.15) is 5.26 Å². The number of aromatic nitrogens is 1. The zero-order valence-corrected chi connectivity index (χ0v) is 16.6. The number of hydrogen-bond donors (Lipinski definition) is 0. The van der Waals surface area contributed by atoms with Gasteiger partial charge in [0.25, 0.3) is 0 Å². The Kier molecular flexibility index (Phi) is 7.15. The molecular formula is C19H24ClN3O4. The van der Waals surface area contributed by atoms with Crippen LogP contribution < -0.4 is 5.43 Å². The SMILES string of the molecule is CC(OC(=O)c1cn2c3c(c(C#N)ccc3c1=O)CCC2C)N(C)C.Cl.O. The molecule has 7 nitrogen and oxygen atoms in total. The molecule has 3 rings (SSSR count). The normalized spacial score (nSPS) is 16.1. The van der Waals surface area contributed by atoms with Gasteiger partial charge in [0.1, 0.15) is 5.56 Å². The van der Waals surface area contributed by atoms with Gasteiger partial charge in [0.2, 0.25) is 5.43 Å². The molecule has 1 aromatic carbocycles. The zero-order valence-electron chi connectivity index (χ0n) is 15.8. The molecule has 0 bridgehead atoms. The Bertz CT molecular complexity index is 962. The van der Waals surface area contributed by atoms with Crippen molar-refractivity contribution in [3.8, 4) is 6.07 Å². The van der Waals surface area contributed by atoms with Crippen LogP contribution in [0.25, 0.3) is 10.9 Å². The van der Waals surface area contributed by atoms with Crippen LogP contribution in [0, 0.1) is 11.3 Å². The summed E-state index contributed by atoms with van der Waals surface area (Å²) in [5.74, 6) is -0.625. The summed E-state index contributed by atoms with van der Waals surface area (Å²) in [6.07, 6.45) is 2.76. The number of carbonyl (C=O) groups is 1. The third kappa shape index (κ3) is 3.83. The Balaban J connectivity index is 0.00000182. The highest BCUT2D eigenvalue weighted by Gasteiger charge is 2.26. The summed E-state index contributed by atoms with van der Waals surface area (Å²) >= 11 is 0. The first-order valence-corrected chi connectivity index (χ1v) is 8.33. The summed E-state index contributed by atoms with van der Waals surface area (Å²) in [5, 5.41) is 9.80. The number of esters is 1. The molecule has 0 amide bonds. The highest BCUT2D eigenvalue weighted by Crippen LogP contribution is 2.32. The van der Waals surface area contributed by atoms with Crippen molar-refractivity contribution in [2.75, 3.05) is 14.1 Å². The van der Waals surface area contributed by atoms with E-state index in [0.717, 1.165) is 23.9 Å². The van der Waals surface area contributed by atoms with Crippen molar-refractivity contribution in [2.24, 2.45) is 0 Å². The molecule has 1 aliphatic rings. The van der Waals surface area contributed by atoms with Gasteiger partial charge in [-0.15, -0.1) is 12.4 Å². The van der Waals surface area contributed by atoms with Crippen molar-refractivity contribution in [1.82, 2.24) is 9.47 Å². The van der Waals surface area contributed by atoms with Gasteiger partial charge in [-0.25, -0.2) is 4.79 Å². The molecule has 0 spiro atoms. The van der Waals surface area contributed by atoms with Crippen LogP contribution in [0.3, 0.4) is 0 Å². The second kappa shape index (κ2) is 8.53. The van der Waals surface area contributed by atoms with Crippen LogP contribution in [-0.2, 0) is 11.2 Å². The van der Waals surface area contributed by atoms with Crippen molar-refractivity contribution in [3.63, 3.8) is 0 Å². The number of benzene rings is 1. The monoisotopic (exact) mass is 393 g/mol. The van der Waals surface area contributed by atoms with Crippen molar-refractivity contribution >= 4 is 29.3 Å². The quantitative estimate of drug-likeness (QED) is 0.585. The highest BCUT2D eigenvalue weighted by molar-refractivity contribution is 5.95. The average Bonchev–Trinajstić information content (AvgIpc) is 2.58. The van der Waals surface area contributed by atoms with E-state index in [0.29, 0.717) is 10.9 Å². The molecule has 0 saturated heterocycles. The molecule has 2 heterocycles. The Morgan fingerprint density at radius 2 is 2.07 bits per heavy atom. The van der Waals surface area contributed by atoms with Crippen LogP contribution in [0.1, 0.15) is 47.8 Å². The number of nitriles is 1. The lowest BCUT2D eigenvalue weighted by molar-refractivity contribution is -0.00566. The van der Waals surface area contributed by atoms with E-state index in [1.165, 1.54) is 0 Å². The molecule has 2 atom stereocenters. The second-order valence-electron chi connectivity index (χ2n) is 6.73. The first-order chi connectivity index (χ1) is 11.8. The van der Waals surface area contributed by atoms with Gasteiger partial charge in [-0.3, -0.25) is 9.69 Å². The minimum atomic E-state index is -0.625. The van der Waals surface area contributed by atoms with Crippen LogP contribution in [-0.4, -0.2) is 41.2 Å². The third-order valence-electron chi connectivity index (χ3n) is 4.93. The van der Waals surface area contributed by atoms with Crippen molar-refractivity contribution in [1.29, 1.82) is 5.26 Å². The molecule has 0 radical (unpaired) electrons. The number of hydrogen-bond acceptors (Lipinski definition) is 5. The van der Waals surface area contributed by atoms with Gasteiger partial charge in [-0.05, 0) is 58.5 Å². The van der Waals surface area contributed by atoms with E-state index in [9.17, 15) is 14.9 Å². The van der Waals surface area contributed by atoms with Gasteiger partial charge in [0.05, 0.1) is 17.1 Å². The highest BCUT2D eigenvalue weighted by atomic mass is 35.5. The standard InChI is InChI=1S/C19H21N3O3.ClH.H2O/c1-11-5-7-14-13(9-20)6-8-15-17(14)22(11)10-16(18(15)23)19(24)25-12(2)21(3)4;;/h6,8,10-12H,5,7H2,1-4H3;1H;1H2. The van der Waals surface area contributed by atoms with Crippen LogP contribution in [0.5, 0.6) is 0 Å². The molecule has 146 valence electrons. The van der Waals surface area contributed by atoms with Crippen LogP contribution in [0.4, 0.5) is 0 Å². The smallest absolute Gasteiger partial charge is 0.345 e. The fraction of sp³-hybridized carbons (Fsp3) is 0.421. The van der Waals surface area contributed by atoms with Gasteiger partial charge in [0.15, 0.2) is 6.23 Å². The molecular weight excluding hydrogens is 370 g/mol. The predicted molar refractivity (Wildman–Crippen MR) is 105 cm³/mol. The summed E-state index contributed by atoms with van der Waals surface area (Å²) in [6.45, 7) is 3.80. The summed E-state index contributed by atoms with van der Waals surface area (Å²) in [6, 6.07) is 5.64. The topological polar surface area (TPSA) is 107 Å². The predicted octanol–water partition coefficient (Wildman–Crippen LogP) is 2.04. The summed E-state index contributed by atoms with van der Waals surface area (Å²) in [7, 11) is 3.60. The van der Waals surface area contributed by atoms with E-state index in [4.69, 9.17) is 4.74 Å². The number of carbonyl (C=O) groups excluding carboxylic acids is 1. The first kappa shape index (κ1) is 22.6. The number of aryl methyl sites for hydroxylation is 1. The molecule has 0 aliphatic carbocycles. The number of halogens is 1. The van der Waals surface area contributed by atoms with Crippen molar-refractivity contribution in [3.05, 3.63) is 45.2 Å². The first-order valence-electron chi connectivity index (χ1n) is 8.33. The number of rotatable bonds is 3. The second-order valence-corrected chi connectivity index (χ2v) is 6.73. The van der Waals surface area contributed by atoms with Gasteiger partial charge >= 0.3 is 5.97 Å². The van der Waals surface area contributed by atoms with E-state index < -0.39 is 12.2 Å². The van der Waals surface area contributed by atoms with E-state index >= 15 is 0 Å². The molecule has 2 unspecified atom stereocenters. The summed E-state index contributed by atoms with van der Waals surface area (Å²) in [4.78, 5) is 27.1. The Morgan fingerprint density at radius 3 is 2.67 bits per heavy atom. The summed E-state index contributed by atoms with van der Waals surface area (Å²) in [5.41, 5.74) is 1.92. The lowest BCUT2D eigenvalue weighted by Crippen LogP contribution is -2.32. The molecule has 2 aromatic rings. The number of nitrogens with zero attached hydrogens (tertiary/aromatic N) is 3. The largest absolute Gasteiger partial charge is 0.443 e. The summed E-state index contributed by atoms with van der Waals surface area (Å²) < 4.78 is 7.31. The molecule has 1 aromatic heterocycles. The number of pyridine rings is 1. The number of ether oxygens (including phenoxy) is 1. The maximum Gasteiger partial charge on any atom is 0.345 e. The van der Waals surface area contributed by atoms with Crippen molar-refractivity contribution < 1.29 is 15.0 Å². The average molecular weight is 394 g/mol. The minimum absolute atomic E-state index is 0. The molecule has 8 heteroatoms. The van der Waals surface area contributed by atoms with E-state index in [1.807, 2.05) is 11.5 Å². The van der Waals surface area contributed by atoms with E-state index in [-0.39, 0.29) is 34.9 Å². The molecule has 0 saturated carbocycles. The minimum Gasteiger partial charge on any atom is -0.443 e. The molecule has 0 fully saturated rings. The Hall–Kier alpha value is -2.40. The molecule has 2 N–H and O–H groups in total. The van der Waals surface area contributed by atoms with Gasteiger partial charge in [-0.1, -0.05) is 0 Å². The van der Waals surface area contributed by atoms with Crippen molar-refractivity contribution in [2.45, 2.75) is 39.0 Å². The molecule has 27 heavy (non-hydrogen) atoms. The molecule has 1 aliphatic heterocycles. The zero-order chi connectivity index (χ0) is 18.3. The Morgan fingerprint density at radius 1 is 1.41 bits per heavy atom. The van der Waals surface area contributed by atoms with Gasteiger partial charge < -0.3 is 14.8 Å². The lowest BCUT2D eigenvalue weighted by atomic mass is 9.92. The van der Waals surface area contributed by atoms with Crippen LogP contribution in [0.15, 0.2) is 23.1 Å². The van der Waals surface area contributed by atoms with E-state index in [2.05, 4.69) is 6.07 Å². The maximum atomic E-state index is 12.9. The van der Waals surface area contributed by atoms with Crippen LogP contribution in [0.2, 0.25) is 0 Å². The van der Waals surface area contributed by atoms with Crippen LogP contribution >= 0.6 is 12.4 Å². The fourth-order valence-corrected chi connectivity index (χ4v) is 3.19. The van der Waals surface area contributed by atoms with Gasteiger partial charge in [0, 0.05) is 17.6 Å². The fourth-order valence-electron chi connectivity index (χ4n) is 3.19. The lowest BCUT2D eigenvalue weighted by Gasteiger charge is -2.27. The Labute approximate surface area is 163 Å². The third-order valence-corrected chi connectivity index (χ3v) is 4.93. The maximum absolute atomic E-state index is 12.9. The van der Waals surface area contributed by atoms with E-state index in [1.54, 1.807) is 44.2 Å².